The van der Waals surface area contributed by atoms with E-state index in [0.717, 1.165) is 10.5 Å². The zero-order chi connectivity index (χ0) is 35.3. The van der Waals surface area contributed by atoms with E-state index in [2.05, 4.69) is 16.0 Å². The highest BCUT2D eigenvalue weighted by Gasteiger charge is 2.41. The Balaban J connectivity index is 1.81. The molecule has 1 heterocycles. The standard InChI is InChI=1S/C36H50N4O7S/c1-7-28(24(2)32(42)37-6)38-31(41)22-46-34(44)30-19-14-20-40(30)33(43)27(21-25-15-10-8-11-16-25)29(39-35(45)47-36(3,4)5)23-48-26-17-12-9-13-18-26/h8-13,15-18,24,27-30H,7,14,19-23H2,1-6H3,(H,37,42)(H,38,41)(H,39,45). The fourth-order valence-electron chi connectivity index (χ4n) is 5.65. The quantitative estimate of drug-likeness (QED) is 0.186. The van der Waals surface area contributed by atoms with E-state index < -0.39 is 60.1 Å². The number of ether oxygens (including phenoxy) is 2. The van der Waals surface area contributed by atoms with Crippen molar-refractivity contribution in [3.8, 4) is 0 Å². The van der Waals surface area contributed by atoms with Crippen molar-refractivity contribution >= 4 is 41.5 Å². The van der Waals surface area contributed by atoms with Gasteiger partial charge in [-0.25, -0.2) is 9.59 Å². The van der Waals surface area contributed by atoms with Crippen LogP contribution in [0.2, 0.25) is 0 Å². The average molecular weight is 683 g/mol. The first-order valence-electron chi connectivity index (χ1n) is 16.5. The van der Waals surface area contributed by atoms with Crippen LogP contribution in [-0.2, 0) is 35.1 Å². The van der Waals surface area contributed by atoms with Crippen molar-refractivity contribution in [1.82, 2.24) is 20.9 Å². The van der Waals surface area contributed by atoms with Gasteiger partial charge in [-0.3, -0.25) is 14.4 Å². The van der Waals surface area contributed by atoms with Gasteiger partial charge in [-0.2, -0.15) is 0 Å². The molecule has 5 atom stereocenters. The van der Waals surface area contributed by atoms with Crippen LogP contribution < -0.4 is 16.0 Å². The second kappa shape index (κ2) is 18.5. The molecule has 3 N–H and O–H groups in total. The Morgan fingerprint density at radius 3 is 2.21 bits per heavy atom. The predicted molar refractivity (Wildman–Crippen MR) is 185 cm³/mol. The van der Waals surface area contributed by atoms with E-state index in [9.17, 15) is 24.0 Å². The van der Waals surface area contributed by atoms with Crippen molar-refractivity contribution in [2.45, 2.75) is 88.9 Å². The molecule has 12 heteroatoms. The van der Waals surface area contributed by atoms with Crippen LogP contribution in [0.25, 0.3) is 0 Å². The lowest BCUT2D eigenvalue weighted by molar-refractivity contribution is -0.157. The zero-order valence-corrected chi connectivity index (χ0v) is 29.6. The second-order valence-corrected chi connectivity index (χ2v) is 14.0. The third-order valence-electron chi connectivity index (χ3n) is 8.18. The second-order valence-electron chi connectivity index (χ2n) is 13.0. The molecule has 3 rings (SSSR count). The summed E-state index contributed by atoms with van der Waals surface area (Å²) in [6.07, 6.45) is 1.17. The molecule has 0 aromatic heterocycles. The van der Waals surface area contributed by atoms with E-state index in [1.807, 2.05) is 67.6 Å². The van der Waals surface area contributed by atoms with Gasteiger partial charge >= 0.3 is 12.1 Å². The van der Waals surface area contributed by atoms with Gasteiger partial charge in [0.2, 0.25) is 11.8 Å². The Labute approximate surface area is 288 Å². The third kappa shape index (κ3) is 11.9. The number of esters is 1. The van der Waals surface area contributed by atoms with Crippen molar-refractivity contribution in [3.05, 3.63) is 66.2 Å². The number of hydrogen-bond donors (Lipinski definition) is 3. The molecule has 11 nitrogen and oxygen atoms in total. The van der Waals surface area contributed by atoms with Crippen LogP contribution in [0, 0.1) is 11.8 Å². The van der Waals surface area contributed by atoms with Crippen LogP contribution in [0.1, 0.15) is 59.4 Å². The number of amides is 4. The fraction of sp³-hybridized carbons (Fsp3) is 0.528. The van der Waals surface area contributed by atoms with Gasteiger partial charge in [0.25, 0.3) is 5.91 Å². The average Bonchev–Trinajstić information content (AvgIpc) is 3.56. The molecule has 0 radical (unpaired) electrons. The minimum absolute atomic E-state index is 0.203. The summed E-state index contributed by atoms with van der Waals surface area (Å²) in [5.41, 5.74) is 0.163. The molecule has 2 aromatic carbocycles. The molecule has 2 aromatic rings. The van der Waals surface area contributed by atoms with Crippen LogP contribution in [0.5, 0.6) is 0 Å². The number of carbonyl (C=O) groups is 5. The Kier molecular flexibility index (Phi) is 14.8. The molecule has 0 aliphatic carbocycles. The smallest absolute Gasteiger partial charge is 0.407 e. The van der Waals surface area contributed by atoms with Crippen LogP contribution >= 0.6 is 11.8 Å². The highest BCUT2D eigenvalue weighted by atomic mass is 32.2. The number of nitrogens with zero attached hydrogens (tertiary/aromatic N) is 1. The van der Waals surface area contributed by atoms with E-state index in [4.69, 9.17) is 9.47 Å². The number of alkyl carbamates (subject to hydrolysis) is 1. The molecule has 4 amide bonds. The fourth-order valence-corrected chi connectivity index (χ4v) is 6.69. The predicted octanol–water partition coefficient (Wildman–Crippen LogP) is 4.34. The van der Waals surface area contributed by atoms with E-state index in [-0.39, 0.29) is 11.8 Å². The molecule has 0 spiro atoms. The number of rotatable bonds is 15. The highest BCUT2D eigenvalue weighted by Crippen LogP contribution is 2.28. The summed E-state index contributed by atoms with van der Waals surface area (Å²) in [6.45, 7) is 8.71. The molecule has 1 aliphatic heterocycles. The van der Waals surface area contributed by atoms with E-state index in [1.165, 1.54) is 23.7 Å². The molecule has 0 bridgehead atoms. The van der Waals surface area contributed by atoms with Crippen molar-refractivity contribution in [1.29, 1.82) is 0 Å². The molecule has 0 saturated carbocycles. The minimum Gasteiger partial charge on any atom is -0.454 e. The molecule has 262 valence electrons. The largest absolute Gasteiger partial charge is 0.454 e. The SMILES string of the molecule is CCC(NC(=O)COC(=O)C1CCCN1C(=O)C(Cc1ccccc1)C(CSc1ccccc1)NC(=O)OC(C)(C)C)C(C)C(=O)NC. The summed E-state index contributed by atoms with van der Waals surface area (Å²) >= 11 is 1.52. The van der Waals surface area contributed by atoms with E-state index in [1.54, 1.807) is 27.7 Å². The van der Waals surface area contributed by atoms with Gasteiger partial charge in [0.1, 0.15) is 11.6 Å². The van der Waals surface area contributed by atoms with E-state index >= 15 is 0 Å². The van der Waals surface area contributed by atoms with Crippen molar-refractivity contribution < 1.29 is 33.4 Å². The Hall–Kier alpha value is -4.06. The first-order chi connectivity index (χ1) is 22.8. The van der Waals surface area contributed by atoms with Crippen LogP contribution in [0.3, 0.4) is 0 Å². The highest BCUT2D eigenvalue weighted by molar-refractivity contribution is 7.99. The van der Waals surface area contributed by atoms with Crippen molar-refractivity contribution in [3.63, 3.8) is 0 Å². The summed E-state index contributed by atoms with van der Waals surface area (Å²) in [5, 5.41) is 8.32. The molecule has 1 aliphatic rings. The van der Waals surface area contributed by atoms with Crippen molar-refractivity contribution in [2.24, 2.45) is 11.8 Å². The van der Waals surface area contributed by atoms with E-state index in [0.29, 0.717) is 38.0 Å². The molecule has 1 fully saturated rings. The molecule has 48 heavy (non-hydrogen) atoms. The van der Waals surface area contributed by atoms with Gasteiger partial charge in [-0.05, 0) is 64.2 Å². The van der Waals surface area contributed by atoms with Crippen LogP contribution in [-0.4, -0.2) is 84.4 Å². The van der Waals surface area contributed by atoms with Gasteiger partial charge in [0.05, 0.1) is 17.9 Å². The molecular formula is C36H50N4O7S. The van der Waals surface area contributed by atoms with Gasteiger partial charge < -0.3 is 30.3 Å². The first kappa shape index (κ1) is 38.4. The minimum atomic E-state index is -0.876. The normalized spacial score (nSPS) is 17.0. The molecule has 1 saturated heterocycles. The van der Waals surface area contributed by atoms with Crippen LogP contribution in [0.4, 0.5) is 4.79 Å². The maximum atomic E-state index is 14.5. The van der Waals surface area contributed by atoms with Gasteiger partial charge in [0, 0.05) is 30.3 Å². The summed E-state index contributed by atoms with van der Waals surface area (Å²) in [5.74, 6) is -2.51. The molecular weight excluding hydrogens is 632 g/mol. The first-order valence-corrected chi connectivity index (χ1v) is 17.5. The Bertz CT molecular complexity index is 1370. The maximum Gasteiger partial charge on any atom is 0.407 e. The monoisotopic (exact) mass is 682 g/mol. The number of hydrogen-bond acceptors (Lipinski definition) is 8. The summed E-state index contributed by atoms with van der Waals surface area (Å²) < 4.78 is 11.0. The lowest BCUT2D eigenvalue weighted by Gasteiger charge is -2.33. The summed E-state index contributed by atoms with van der Waals surface area (Å²) in [4.78, 5) is 68.2. The molecule has 5 unspecified atom stereocenters. The van der Waals surface area contributed by atoms with Gasteiger partial charge in [-0.15, -0.1) is 11.8 Å². The number of thioether (sulfide) groups is 1. The zero-order valence-electron chi connectivity index (χ0n) is 28.8. The Morgan fingerprint density at radius 2 is 1.60 bits per heavy atom. The summed E-state index contributed by atoms with van der Waals surface area (Å²) in [7, 11) is 1.53. The summed E-state index contributed by atoms with van der Waals surface area (Å²) in [6, 6.07) is 17.3. The van der Waals surface area contributed by atoms with Crippen molar-refractivity contribution in [2.75, 3.05) is 26.0 Å². The maximum absolute atomic E-state index is 14.5. The lowest BCUT2D eigenvalue weighted by atomic mass is 9.91. The number of likely N-dealkylation sites (tertiary alicyclic amines) is 1. The number of nitrogens with one attached hydrogen (secondary N) is 3. The number of benzene rings is 2. The topological polar surface area (TPSA) is 143 Å². The van der Waals surface area contributed by atoms with Crippen LogP contribution in [0.15, 0.2) is 65.6 Å². The van der Waals surface area contributed by atoms with Gasteiger partial charge in [0.15, 0.2) is 6.61 Å². The lowest BCUT2D eigenvalue weighted by Crippen LogP contribution is -2.53. The third-order valence-corrected chi connectivity index (χ3v) is 9.31. The Morgan fingerprint density at radius 1 is 0.958 bits per heavy atom. The number of carbonyl (C=O) groups excluding carboxylic acids is 5. The van der Waals surface area contributed by atoms with Gasteiger partial charge in [-0.1, -0.05) is 62.4 Å².